The molecule has 2 aromatic carbocycles. The van der Waals surface area contributed by atoms with Gasteiger partial charge in [-0.05, 0) is 55.5 Å². The van der Waals surface area contributed by atoms with Gasteiger partial charge in [-0.15, -0.1) is 19.0 Å². The minimum Gasteiger partial charge on any atom is -0.452 e. The number of nitrogens with zero attached hydrogens (tertiary/aromatic N) is 2. The highest BCUT2D eigenvalue weighted by atomic mass is 35.5. The van der Waals surface area contributed by atoms with E-state index in [2.05, 4.69) is 28.6 Å². The van der Waals surface area contributed by atoms with Crippen molar-refractivity contribution in [2.24, 2.45) is 11.8 Å². The smallest absolute Gasteiger partial charge is 0.338 e. The quantitative estimate of drug-likeness (QED) is 0.395. The summed E-state index contributed by atoms with van der Waals surface area (Å²) in [6.45, 7) is 6.07. The highest BCUT2D eigenvalue weighted by molar-refractivity contribution is 5.90. The molecule has 4 heterocycles. The van der Waals surface area contributed by atoms with Crippen molar-refractivity contribution in [1.82, 2.24) is 9.88 Å². The van der Waals surface area contributed by atoms with E-state index in [1.165, 1.54) is 6.42 Å². The molecular weight excluding hydrogens is 408 g/mol. The maximum absolute atomic E-state index is 13.1. The van der Waals surface area contributed by atoms with Gasteiger partial charge in [-0.1, -0.05) is 42.5 Å². The molecule has 160 valence electrons. The summed E-state index contributed by atoms with van der Waals surface area (Å²) in [5, 5.41) is 1.05. The Hall–Kier alpha value is -2.69. The molecule has 3 aliphatic heterocycles. The van der Waals surface area contributed by atoms with Crippen molar-refractivity contribution >= 4 is 29.3 Å². The summed E-state index contributed by atoms with van der Waals surface area (Å²) in [4.78, 5) is 20.1. The summed E-state index contributed by atoms with van der Waals surface area (Å²) in [5.74, 6) is 0.850. The number of fused-ring (bicyclic) bond motifs is 4. The highest BCUT2D eigenvalue weighted by Crippen LogP contribution is 2.43. The summed E-state index contributed by atoms with van der Waals surface area (Å²) in [7, 11) is 0. The number of carbonyl (C=O) groups excluding carboxylic acids is 1. The van der Waals surface area contributed by atoms with Gasteiger partial charge in [0.25, 0.3) is 0 Å². The second kappa shape index (κ2) is 9.21. The van der Waals surface area contributed by atoms with Gasteiger partial charge >= 0.3 is 5.97 Å². The van der Waals surface area contributed by atoms with Crippen molar-refractivity contribution < 1.29 is 9.53 Å². The first-order valence-corrected chi connectivity index (χ1v) is 10.7. The Morgan fingerprint density at radius 3 is 2.65 bits per heavy atom. The topological polar surface area (TPSA) is 42.4 Å². The van der Waals surface area contributed by atoms with Gasteiger partial charge in [0.1, 0.15) is 6.10 Å². The number of halogens is 1. The SMILES string of the molecule is C=CC1CN2CCC1CC2C(OC(=O)c1ccccc1)c1ccnc2ccccc12.Cl. The zero-order valence-electron chi connectivity index (χ0n) is 17.4. The molecule has 5 heteroatoms. The molecule has 1 aromatic heterocycles. The molecular formula is C26H27ClN2O2. The fourth-order valence-electron chi connectivity index (χ4n) is 5.17. The van der Waals surface area contributed by atoms with Crippen LogP contribution < -0.4 is 0 Å². The number of aromatic nitrogens is 1. The Kier molecular flexibility index (Phi) is 6.40. The van der Waals surface area contributed by atoms with Gasteiger partial charge in [-0.3, -0.25) is 9.88 Å². The van der Waals surface area contributed by atoms with Crippen LogP contribution in [0.15, 0.2) is 79.5 Å². The minimum absolute atomic E-state index is 0. The standard InChI is InChI=1S/C26H26N2O2.ClH/c1-2-18-17-28-15-13-20(18)16-24(28)25(30-26(29)19-8-4-3-5-9-19)22-12-14-27-23-11-7-6-10-21(22)23;/h2-12,14,18,20,24-25H,1,13,15-17H2;1H. The van der Waals surface area contributed by atoms with Crippen LogP contribution in [0.2, 0.25) is 0 Å². The molecule has 5 unspecified atom stereocenters. The van der Waals surface area contributed by atoms with Gasteiger partial charge in [0.05, 0.1) is 17.1 Å². The fourth-order valence-corrected chi connectivity index (χ4v) is 5.17. The normalized spacial score (nSPS) is 25.4. The lowest BCUT2D eigenvalue weighted by molar-refractivity contribution is -0.0568. The largest absolute Gasteiger partial charge is 0.452 e. The van der Waals surface area contributed by atoms with Gasteiger partial charge < -0.3 is 4.74 Å². The fraction of sp³-hybridized carbons (Fsp3) is 0.308. The van der Waals surface area contributed by atoms with Crippen molar-refractivity contribution in [2.45, 2.75) is 25.0 Å². The van der Waals surface area contributed by atoms with Crippen molar-refractivity contribution in [1.29, 1.82) is 0 Å². The van der Waals surface area contributed by atoms with E-state index >= 15 is 0 Å². The molecule has 2 bridgehead atoms. The number of esters is 1. The molecule has 3 saturated heterocycles. The summed E-state index contributed by atoms with van der Waals surface area (Å²) >= 11 is 0. The van der Waals surface area contributed by atoms with Crippen LogP contribution >= 0.6 is 12.4 Å². The third kappa shape index (κ3) is 4.10. The Morgan fingerprint density at radius 1 is 1.13 bits per heavy atom. The Morgan fingerprint density at radius 2 is 1.90 bits per heavy atom. The number of benzene rings is 2. The first-order chi connectivity index (χ1) is 14.7. The molecule has 31 heavy (non-hydrogen) atoms. The van der Waals surface area contributed by atoms with E-state index in [0.717, 1.165) is 36.0 Å². The van der Waals surface area contributed by atoms with Crippen molar-refractivity contribution in [2.75, 3.05) is 13.1 Å². The molecule has 3 aliphatic rings. The van der Waals surface area contributed by atoms with Gasteiger partial charge in [0, 0.05) is 23.7 Å². The predicted molar refractivity (Wildman–Crippen MR) is 125 cm³/mol. The molecule has 6 rings (SSSR count). The number of ether oxygens (including phenoxy) is 1. The molecule has 3 aromatic rings. The van der Waals surface area contributed by atoms with E-state index in [1.807, 2.05) is 60.8 Å². The van der Waals surface area contributed by atoms with E-state index in [9.17, 15) is 4.79 Å². The van der Waals surface area contributed by atoms with E-state index in [4.69, 9.17) is 4.74 Å². The zero-order valence-corrected chi connectivity index (χ0v) is 18.2. The molecule has 0 radical (unpaired) electrons. The summed E-state index contributed by atoms with van der Waals surface area (Å²) in [6.07, 6.45) is 5.78. The number of para-hydroxylation sites is 1. The number of pyridine rings is 1. The van der Waals surface area contributed by atoms with Crippen LogP contribution in [0.25, 0.3) is 10.9 Å². The second-order valence-electron chi connectivity index (χ2n) is 8.36. The van der Waals surface area contributed by atoms with Crippen LogP contribution in [0.5, 0.6) is 0 Å². The van der Waals surface area contributed by atoms with Crippen LogP contribution in [0.1, 0.15) is 34.9 Å². The highest BCUT2D eigenvalue weighted by Gasteiger charge is 2.44. The van der Waals surface area contributed by atoms with Crippen molar-refractivity contribution in [3.8, 4) is 0 Å². The summed E-state index contributed by atoms with van der Waals surface area (Å²) in [6, 6.07) is 19.5. The number of hydrogen-bond donors (Lipinski definition) is 0. The third-order valence-corrected chi connectivity index (χ3v) is 6.74. The lowest BCUT2D eigenvalue weighted by Gasteiger charge is -2.51. The molecule has 0 spiro atoms. The summed E-state index contributed by atoms with van der Waals surface area (Å²) in [5.41, 5.74) is 2.55. The van der Waals surface area contributed by atoms with Crippen LogP contribution in [0, 0.1) is 11.8 Å². The first kappa shape index (κ1) is 21.5. The number of rotatable bonds is 5. The Bertz CT molecular complexity index is 1070. The number of hydrogen-bond acceptors (Lipinski definition) is 4. The average molecular weight is 435 g/mol. The Balaban J connectivity index is 0.00000231. The minimum atomic E-state index is -0.334. The van der Waals surface area contributed by atoms with Gasteiger partial charge in [0.15, 0.2) is 0 Å². The lowest BCUT2D eigenvalue weighted by Crippen LogP contribution is -2.55. The first-order valence-electron chi connectivity index (χ1n) is 10.7. The van der Waals surface area contributed by atoms with E-state index < -0.39 is 0 Å². The Labute approximate surface area is 189 Å². The average Bonchev–Trinajstić information content (AvgIpc) is 2.83. The predicted octanol–water partition coefficient (Wildman–Crippen LogP) is 5.45. The molecule has 4 nitrogen and oxygen atoms in total. The van der Waals surface area contributed by atoms with E-state index in [-0.39, 0.29) is 30.5 Å². The van der Waals surface area contributed by atoms with Crippen molar-refractivity contribution in [3.63, 3.8) is 0 Å². The lowest BCUT2D eigenvalue weighted by atomic mass is 9.73. The van der Waals surface area contributed by atoms with Crippen molar-refractivity contribution in [3.05, 3.63) is 90.6 Å². The van der Waals surface area contributed by atoms with E-state index in [0.29, 0.717) is 17.4 Å². The number of piperidine rings is 3. The maximum Gasteiger partial charge on any atom is 0.338 e. The monoisotopic (exact) mass is 434 g/mol. The molecule has 5 atom stereocenters. The number of carbonyl (C=O) groups is 1. The van der Waals surface area contributed by atoms with Gasteiger partial charge in [0.2, 0.25) is 0 Å². The van der Waals surface area contributed by atoms with Crippen LogP contribution in [0.4, 0.5) is 0 Å². The zero-order chi connectivity index (χ0) is 20.5. The molecule has 0 aliphatic carbocycles. The summed E-state index contributed by atoms with van der Waals surface area (Å²) < 4.78 is 6.26. The molecule has 0 saturated carbocycles. The van der Waals surface area contributed by atoms with Gasteiger partial charge in [-0.25, -0.2) is 4.79 Å². The molecule has 0 N–H and O–H groups in total. The molecule has 0 amide bonds. The second-order valence-corrected chi connectivity index (χ2v) is 8.36. The van der Waals surface area contributed by atoms with Crippen LogP contribution in [0.3, 0.4) is 0 Å². The molecule has 3 fully saturated rings. The van der Waals surface area contributed by atoms with Crippen LogP contribution in [-0.4, -0.2) is 35.0 Å². The van der Waals surface area contributed by atoms with Crippen LogP contribution in [-0.2, 0) is 4.74 Å². The van der Waals surface area contributed by atoms with E-state index in [1.54, 1.807) is 0 Å². The maximum atomic E-state index is 13.1. The van der Waals surface area contributed by atoms with Gasteiger partial charge in [-0.2, -0.15) is 0 Å². The third-order valence-electron chi connectivity index (χ3n) is 6.74.